The van der Waals surface area contributed by atoms with Crippen molar-refractivity contribution in [3.63, 3.8) is 0 Å². The van der Waals surface area contributed by atoms with E-state index >= 15 is 0 Å². The molecule has 0 saturated carbocycles. The number of carbonyl (C=O) groups is 1. The lowest BCUT2D eigenvalue weighted by Gasteiger charge is -2.09. The number of amides is 1. The van der Waals surface area contributed by atoms with Crippen LogP contribution in [0, 0.1) is 6.92 Å². The van der Waals surface area contributed by atoms with Crippen molar-refractivity contribution in [1.29, 1.82) is 0 Å². The molecule has 3 aromatic rings. The maximum atomic E-state index is 12.2. The molecule has 0 aliphatic heterocycles. The Morgan fingerprint density at radius 2 is 1.83 bits per heavy atom. The first kappa shape index (κ1) is 14.6. The molecule has 23 heavy (non-hydrogen) atoms. The maximum Gasteiger partial charge on any atom is 0.277 e. The summed E-state index contributed by atoms with van der Waals surface area (Å²) < 4.78 is 0. The standard InChI is InChI=1S/C17H15N5O/c1-11-9-20-15(10-19-11)17(23)22-16-13(18)7-8-14(21-16)12-5-3-2-4-6-12/h2-10H,18H2,1H3,(H,21,22,23). The number of rotatable bonds is 3. The summed E-state index contributed by atoms with van der Waals surface area (Å²) in [5.74, 6) is -0.0966. The summed E-state index contributed by atoms with van der Waals surface area (Å²) in [5.41, 5.74) is 8.91. The minimum absolute atomic E-state index is 0.210. The van der Waals surface area contributed by atoms with Crippen molar-refractivity contribution in [2.75, 3.05) is 11.1 Å². The smallest absolute Gasteiger partial charge is 0.277 e. The number of nitrogens with one attached hydrogen (secondary N) is 1. The van der Waals surface area contributed by atoms with Gasteiger partial charge in [0.15, 0.2) is 5.82 Å². The van der Waals surface area contributed by atoms with Gasteiger partial charge in [0, 0.05) is 11.8 Å². The van der Waals surface area contributed by atoms with Gasteiger partial charge in [0.2, 0.25) is 0 Å². The Morgan fingerprint density at radius 3 is 2.52 bits per heavy atom. The molecule has 2 heterocycles. The maximum absolute atomic E-state index is 12.2. The Morgan fingerprint density at radius 1 is 1.04 bits per heavy atom. The molecule has 3 rings (SSSR count). The Labute approximate surface area is 133 Å². The molecular weight excluding hydrogens is 290 g/mol. The van der Waals surface area contributed by atoms with Gasteiger partial charge in [0.1, 0.15) is 5.69 Å². The molecule has 0 aliphatic rings. The molecule has 0 atom stereocenters. The largest absolute Gasteiger partial charge is 0.396 e. The van der Waals surface area contributed by atoms with E-state index in [1.165, 1.54) is 12.4 Å². The molecule has 2 aromatic heterocycles. The van der Waals surface area contributed by atoms with Crippen LogP contribution in [0.15, 0.2) is 54.9 Å². The number of pyridine rings is 1. The van der Waals surface area contributed by atoms with E-state index in [9.17, 15) is 4.79 Å². The van der Waals surface area contributed by atoms with Crippen LogP contribution in [-0.4, -0.2) is 20.9 Å². The number of nitrogens with zero attached hydrogens (tertiary/aromatic N) is 3. The van der Waals surface area contributed by atoms with E-state index in [0.717, 1.165) is 17.0 Å². The van der Waals surface area contributed by atoms with E-state index in [4.69, 9.17) is 5.73 Å². The van der Waals surface area contributed by atoms with Gasteiger partial charge in [-0.05, 0) is 19.1 Å². The Bertz CT molecular complexity index is 831. The van der Waals surface area contributed by atoms with E-state index < -0.39 is 5.91 Å². The number of benzene rings is 1. The minimum atomic E-state index is -0.401. The van der Waals surface area contributed by atoms with Crippen LogP contribution in [0.25, 0.3) is 11.3 Å². The van der Waals surface area contributed by atoms with E-state index in [2.05, 4.69) is 20.3 Å². The summed E-state index contributed by atoms with van der Waals surface area (Å²) in [6, 6.07) is 13.2. The number of nitrogen functional groups attached to an aromatic ring is 1. The van der Waals surface area contributed by atoms with Gasteiger partial charge in [0.05, 0.1) is 23.3 Å². The van der Waals surface area contributed by atoms with Gasteiger partial charge in [-0.1, -0.05) is 30.3 Å². The molecule has 6 heteroatoms. The molecule has 0 saturated heterocycles. The molecule has 0 bridgehead atoms. The van der Waals surface area contributed by atoms with Crippen molar-refractivity contribution in [3.8, 4) is 11.3 Å². The number of carbonyl (C=O) groups excluding carboxylic acids is 1. The van der Waals surface area contributed by atoms with E-state index in [0.29, 0.717) is 11.5 Å². The fraction of sp³-hybridized carbons (Fsp3) is 0.0588. The lowest BCUT2D eigenvalue weighted by atomic mass is 10.1. The molecule has 3 N–H and O–H groups in total. The van der Waals surface area contributed by atoms with Gasteiger partial charge >= 0.3 is 0 Å². The zero-order valence-electron chi connectivity index (χ0n) is 12.5. The predicted molar refractivity (Wildman–Crippen MR) is 88.8 cm³/mol. The third-order valence-corrected chi connectivity index (χ3v) is 3.24. The fourth-order valence-electron chi connectivity index (χ4n) is 2.02. The first-order valence-electron chi connectivity index (χ1n) is 7.05. The molecule has 6 nitrogen and oxygen atoms in total. The number of anilines is 2. The van der Waals surface area contributed by atoms with Crippen LogP contribution in [0.3, 0.4) is 0 Å². The van der Waals surface area contributed by atoms with Crippen LogP contribution in [0.4, 0.5) is 11.5 Å². The highest BCUT2D eigenvalue weighted by atomic mass is 16.1. The highest BCUT2D eigenvalue weighted by molar-refractivity contribution is 6.03. The molecule has 0 aliphatic carbocycles. The van der Waals surface area contributed by atoms with Crippen molar-refractivity contribution in [2.45, 2.75) is 6.92 Å². The molecule has 114 valence electrons. The monoisotopic (exact) mass is 305 g/mol. The van der Waals surface area contributed by atoms with Crippen molar-refractivity contribution >= 4 is 17.4 Å². The van der Waals surface area contributed by atoms with Crippen LogP contribution >= 0.6 is 0 Å². The van der Waals surface area contributed by atoms with Crippen LogP contribution < -0.4 is 11.1 Å². The lowest BCUT2D eigenvalue weighted by Crippen LogP contribution is -2.16. The Hall–Kier alpha value is -3.28. The summed E-state index contributed by atoms with van der Waals surface area (Å²) in [6.45, 7) is 1.80. The average Bonchev–Trinajstić information content (AvgIpc) is 2.58. The van der Waals surface area contributed by atoms with E-state index in [1.54, 1.807) is 13.0 Å². The highest BCUT2D eigenvalue weighted by Crippen LogP contribution is 2.23. The quantitative estimate of drug-likeness (QED) is 0.776. The molecule has 1 aromatic carbocycles. The molecule has 0 spiro atoms. The average molecular weight is 305 g/mol. The van der Waals surface area contributed by atoms with Crippen LogP contribution in [0.5, 0.6) is 0 Å². The van der Waals surface area contributed by atoms with Crippen molar-refractivity contribution in [2.24, 2.45) is 0 Å². The van der Waals surface area contributed by atoms with Gasteiger partial charge in [-0.15, -0.1) is 0 Å². The summed E-state index contributed by atoms with van der Waals surface area (Å²) >= 11 is 0. The minimum Gasteiger partial charge on any atom is -0.396 e. The van der Waals surface area contributed by atoms with Crippen molar-refractivity contribution in [1.82, 2.24) is 15.0 Å². The van der Waals surface area contributed by atoms with E-state index in [1.807, 2.05) is 36.4 Å². The van der Waals surface area contributed by atoms with Gasteiger partial charge in [0.25, 0.3) is 5.91 Å². The van der Waals surface area contributed by atoms with Gasteiger partial charge in [-0.2, -0.15) is 0 Å². The van der Waals surface area contributed by atoms with Gasteiger partial charge in [-0.25, -0.2) is 9.97 Å². The van der Waals surface area contributed by atoms with Crippen LogP contribution in [0.2, 0.25) is 0 Å². The summed E-state index contributed by atoms with van der Waals surface area (Å²) in [6.07, 6.45) is 2.95. The summed E-state index contributed by atoms with van der Waals surface area (Å²) in [5, 5.41) is 2.68. The fourth-order valence-corrected chi connectivity index (χ4v) is 2.02. The summed E-state index contributed by atoms with van der Waals surface area (Å²) in [4.78, 5) is 24.7. The lowest BCUT2D eigenvalue weighted by molar-refractivity contribution is 0.102. The topological polar surface area (TPSA) is 93.8 Å². The first-order valence-corrected chi connectivity index (χ1v) is 7.05. The Balaban J connectivity index is 1.88. The van der Waals surface area contributed by atoms with Gasteiger partial charge in [-0.3, -0.25) is 9.78 Å². The highest BCUT2D eigenvalue weighted by Gasteiger charge is 2.12. The van der Waals surface area contributed by atoms with E-state index in [-0.39, 0.29) is 5.69 Å². The SMILES string of the molecule is Cc1cnc(C(=O)Nc2nc(-c3ccccc3)ccc2N)cn1. The second-order valence-electron chi connectivity index (χ2n) is 5.00. The molecule has 0 unspecified atom stereocenters. The van der Waals surface area contributed by atoms with Crippen molar-refractivity contribution < 1.29 is 4.79 Å². The third kappa shape index (κ3) is 3.32. The molecule has 0 fully saturated rings. The third-order valence-electron chi connectivity index (χ3n) is 3.24. The molecule has 0 radical (unpaired) electrons. The normalized spacial score (nSPS) is 10.3. The van der Waals surface area contributed by atoms with Crippen LogP contribution in [-0.2, 0) is 0 Å². The second-order valence-corrected chi connectivity index (χ2v) is 5.00. The Kier molecular flexibility index (Phi) is 3.97. The number of aromatic nitrogens is 3. The van der Waals surface area contributed by atoms with Crippen LogP contribution in [0.1, 0.15) is 16.2 Å². The summed E-state index contributed by atoms with van der Waals surface area (Å²) in [7, 11) is 0. The number of hydrogen-bond acceptors (Lipinski definition) is 5. The molecule has 1 amide bonds. The number of hydrogen-bond donors (Lipinski definition) is 2. The first-order chi connectivity index (χ1) is 11.1. The number of aryl methyl sites for hydroxylation is 1. The zero-order chi connectivity index (χ0) is 16.2. The zero-order valence-corrected chi connectivity index (χ0v) is 12.5. The van der Waals surface area contributed by atoms with Gasteiger partial charge < -0.3 is 11.1 Å². The molecular formula is C17H15N5O. The van der Waals surface area contributed by atoms with Crippen molar-refractivity contribution in [3.05, 3.63) is 66.2 Å². The predicted octanol–water partition coefficient (Wildman–Crippen LogP) is 2.68. The second kappa shape index (κ2) is 6.23. The number of nitrogens with two attached hydrogens (primary N) is 1.